The molecule has 1 N–H and O–H groups in total. The standard InChI is InChI=1S/C18H32O6.C16H34O4/c1-16(2,3)14-15(19)21-23-18(12-8-5-9-13-18)24-22-17(20)10-6-4-7-11-17;1-13(2,3)17-19-15(7,8)11-12-16(9,10)20-18-14(4,5)6/h20H,4-14H2,1-3H3;11-12H2,1-10H3. The lowest BCUT2D eigenvalue weighted by Crippen LogP contribution is -2.44. The molecule has 0 aromatic carbocycles. The Kier molecular flexibility index (Phi) is 15.7. The highest BCUT2D eigenvalue weighted by Crippen LogP contribution is 2.37. The van der Waals surface area contributed by atoms with Crippen molar-refractivity contribution < 1.29 is 49.0 Å². The molecule has 2 rings (SSSR count). The monoisotopic (exact) mass is 634 g/mol. The summed E-state index contributed by atoms with van der Waals surface area (Å²) in [5.41, 5.74) is -1.52. The average molecular weight is 635 g/mol. The Balaban J connectivity index is 0.000000449. The van der Waals surface area contributed by atoms with Crippen LogP contribution in [0.2, 0.25) is 0 Å². The van der Waals surface area contributed by atoms with Gasteiger partial charge in [-0.15, -0.1) is 4.89 Å². The Bertz CT molecular complexity index is 790. The number of aliphatic hydroxyl groups is 1. The maximum Gasteiger partial charge on any atom is 0.343 e. The van der Waals surface area contributed by atoms with Crippen LogP contribution in [0.15, 0.2) is 0 Å². The van der Waals surface area contributed by atoms with Crippen LogP contribution in [-0.2, 0) is 43.9 Å². The first kappa shape index (κ1) is 41.2. The third-order valence-corrected chi connectivity index (χ3v) is 6.92. The van der Waals surface area contributed by atoms with Crippen molar-refractivity contribution in [3.05, 3.63) is 0 Å². The van der Waals surface area contributed by atoms with Crippen LogP contribution in [-0.4, -0.2) is 45.1 Å². The van der Waals surface area contributed by atoms with E-state index in [0.29, 0.717) is 25.7 Å². The van der Waals surface area contributed by atoms with Gasteiger partial charge in [0.1, 0.15) is 0 Å². The lowest BCUT2D eigenvalue weighted by Gasteiger charge is -2.37. The Hall–Kier alpha value is -0.850. The molecule has 0 radical (unpaired) electrons. The Morgan fingerprint density at radius 2 is 0.977 bits per heavy atom. The fraction of sp³-hybridized carbons (Fsp3) is 0.971. The molecule has 262 valence electrons. The van der Waals surface area contributed by atoms with Gasteiger partial charge in [-0.1, -0.05) is 33.6 Å². The first-order chi connectivity index (χ1) is 19.8. The summed E-state index contributed by atoms with van der Waals surface area (Å²) in [6.45, 7) is 25.7. The van der Waals surface area contributed by atoms with Crippen LogP contribution in [0.4, 0.5) is 0 Å². The summed E-state index contributed by atoms with van der Waals surface area (Å²) in [6.07, 6.45) is 9.92. The predicted octanol–water partition coefficient (Wildman–Crippen LogP) is 8.98. The molecule has 0 atom stereocenters. The number of hydrogen-bond donors (Lipinski definition) is 1. The summed E-state index contributed by atoms with van der Waals surface area (Å²) >= 11 is 0. The van der Waals surface area contributed by atoms with Crippen LogP contribution >= 0.6 is 0 Å². The van der Waals surface area contributed by atoms with Gasteiger partial charge < -0.3 is 5.11 Å². The smallest absolute Gasteiger partial charge is 0.343 e. The van der Waals surface area contributed by atoms with Crippen LogP contribution in [0.3, 0.4) is 0 Å². The van der Waals surface area contributed by atoms with E-state index in [0.717, 1.165) is 51.4 Å². The fourth-order valence-electron chi connectivity index (χ4n) is 4.36. The maximum atomic E-state index is 11.9. The number of rotatable bonds is 13. The molecule has 0 aliphatic heterocycles. The summed E-state index contributed by atoms with van der Waals surface area (Å²) < 4.78 is 0. The summed E-state index contributed by atoms with van der Waals surface area (Å²) in [5, 5.41) is 10.4. The summed E-state index contributed by atoms with van der Waals surface area (Å²) in [4.78, 5) is 55.1. The van der Waals surface area contributed by atoms with Crippen LogP contribution < -0.4 is 0 Å². The van der Waals surface area contributed by atoms with E-state index >= 15 is 0 Å². The second-order valence-corrected chi connectivity index (χ2v) is 17.0. The third-order valence-electron chi connectivity index (χ3n) is 6.92. The van der Waals surface area contributed by atoms with Gasteiger partial charge in [-0.2, -0.15) is 9.78 Å². The van der Waals surface area contributed by atoms with Crippen molar-refractivity contribution in [2.24, 2.45) is 5.41 Å². The second kappa shape index (κ2) is 16.8. The van der Waals surface area contributed by atoms with Crippen molar-refractivity contribution >= 4 is 5.97 Å². The Labute approximate surface area is 267 Å². The predicted molar refractivity (Wildman–Crippen MR) is 169 cm³/mol. The first-order valence-corrected chi connectivity index (χ1v) is 16.6. The summed E-state index contributed by atoms with van der Waals surface area (Å²) in [6, 6.07) is 0. The third kappa shape index (κ3) is 19.6. The molecule has 2 fully saturated rings. The quantitative estimate of drug-likeness (QED) is 0.120. The van der Waals surface area contributed by atoms with E-state index < -0.39 is 17.5 Å². The minimum atomic E-state index is -1.26. The van der Waals surface area contributed by atoms with Crippen LogP contribution in [0.1, 0.15) is 173 Å². The zero-order chi connectivity index (χ0) is 33.9. The fourth-order valence-corrected chi connectivity index (χ4v) is 4.36. The highest BCUT2D eigenvalue weighted by atomic mass is 17.3. The highest BCUT2D eigenvalue weighted by Gasteiger charge is 2.42. The van der Waals surface area contributed by atoms with Gasteiger partial charge in [0.15, 0.2) is 5.79 Å². The first-order valence-electron chi connectivity index (χ1n) is 16.6. The van der Waals surface area contributed by atoms with Crippen molar-refractivity contribution in [3.8, 4) is 0 Å². The second-order valence-electron chi connectivity index (χ2n) is 17.0. The minimum Gasteiger partial charge on any atom is -0.363 e. The molecule has 0 saturated heterocycles. The zero-order valence-electron chi connectivity index (χ0n) is 30.3. The van der Waals surface area contributed by atoms with Gasteiger partial charge in [-0.05, 0) is 113 Å². The topological polar surface area (TPSA) is 111 Å². The minimum absolute atomic E-state index is 0.172. The molecule has 10 heteroatoms. The van der Waals surface area contributed by atoms with Crippen molar-refractivity contribution in [1.82, 2.24) is 0 Å². The van der Waals surface area contributed by atoms with E-state index in [2.05, 4.69) is 0 Å². The van der Waals surface area contributed by atoms with Gasteiger partial charge >= 0.3 is 5.97 Å². The molecule has 2 aliphatic rings. The average Bonchev–Trinajstić information content (AvgIpc) is 2.88. The molecule has 0 bridgehead atoms. The molecule has 2 aliphatic carbocycles. The van der Waals surface area contributed by atoms with Crippen molar-refractivity contribution in [2.75, 3.05) is 0 Å². The number of hydrogen-bond acceptors (Lipinski definition) is 10. The lowest BCUT2D eigenvalue weighted by molar-refractivity contribution is -0.546. The molecule has 0 unspecified atom stereocenters. The van der Waals surface area contributed by atoms with Crippen LogP contribution in [0.5, 0.6) is 0 Å². The summed E-state index contributed by atoms with van der Waals surface area (Å²) in [5.74, 6) is -2.80. The highest BCUT2D eigenvalue weighted by molar-refractivity contribution is 5.69. The van der Waals surface area contributed by atoms with Gasteiger partial charge in [-0.3, -0.25) is 4.89 Å². The summed E-state index contributed by atoms with van der Waals surface area (Å²) in [7, 11) is 0. The van der Waals surface area contributed by atoms with E-state index in [1.165, 1.54) is 0 Å². The van der Waals surface area contributed by atoms with Crippen LogP contribution in [0, 0.1) is 5.41 Å². The van der Waals surface area contributed by atoms with Crippen molar-refractivity contribution in [3.63, 3.8) is 0 Å². The number of carbonyl (C=O) groups is 1. The lowest BCUT2D eigenvalue weighted by atomic mass is 9.93. The van der Waals surface area contributed by atoms with E-state index in [4.69, 9.17) is 39.1 Å². The molecular formula is C34H66O10. The van der Waals surface area contributed by atoms with Crippen molar-refractivity contribution in [2.45, 2.75) is 207 Å². The van der Waals surface area contributed by atoms with E-state index in [1.807, 2.05) is 90.0 Å². The van der Waals surface area contributed by atoms with Crippen molar-refractivity contribution in [1.29, 1.82) is 0 Å². The van der Waals surface area contributed by atoms with Gasteiger partial charge in [0, 0.05) is 25.7 Å². The van der Waals surface area contributed by atoms with Gasteiger partial charge in [0.25, 0.3) is 0 Å². The molecule has 0 amide bonds. The molecule has 0 heterocycles. The molecule has 44 heavy (non-hydrogen) atoms. The number of carbonyl (C=O) groups excluding carboxylic acids is 1. The molecule has 2 saturated carbocycles. The van der Waals surface area contributed by atoms with E-state index in [9.17, 15) is 9.90 Å². The van der Waals surface area contributed by atoms with Gasteiger partial charge in [-0.25, -0.2) is 24.3 Å². The molecule has 0 aromatic rings. The largest absolute Gasteiger partial charge is 0.363 e. The Morgan fingerprint density at radius 3 is 1.36 bits per heavy atom. The zero-order valence-corrected chi connectivity index (χ0v) is 30.3. The molecule has 0 aromatic heterocycles. The van der Waals surface area contributed by atoms with Gasteiger partial charge in [0.05, 0.1) is 28.8 Å². The van der Waals surface area contributed by atoms with Crippen LogP contribution in [0.25, 0.3) is 0 Å². The molecule has 0 spiro atoms. The molecule has 10 nitrogen and oxygen atoms in total. The Morgan fingerprint density at radius 1 is 0.568 bits per heavy atom. The van der Waals surface area contributed by atoms with Gasteiger partial charge in [0.2, 0.25) is 5.79 Å². The SMILES string of the molecule is CC(C)(C)CC(=O)OOC1(OOC2(O)CCCCC2)CCCCC1.CC(C)(C)OOC(C)(C)CCC(C)(C)OOC(C)(C)C. The van der Waals surface area contributed by atoms with E-state index in [-0.39, 0.29) is 34.2 Å². The van der Waals surface area contributed by atoms with E-state index in [1.54, 1.807) is 0 Å². The molecular weight excluding hydrogens is 568 g/mol. The maximum absolute atomic E-state index is 11.9. The normalized spacial score (nSPS) is 19.6.